The van der Waals surface area contributed by atoms with E-state index < -0.39 is 0 Å². The molecule has 2 heteroatoms. The highest BCUT2D eigenvalue weighted by Crippen LogP contribution is 1.99. The van der Waals surface area contributed by atoms with E-state index in [0.717, 1.165) is 18.3 Å². The maximum atomic E-state index is 9.88. The third-order valence-electron chi connectivity index (χ3n) is 1.03. The normalized spacial score (nSPS) is 9.00. The van der Waals surface area contributed by atoms with E-state index in [1.54, 1.807) is 7.11 Å². The molecule has 0 rings (SSSR count). The largest absolute Gasteiger partial charge is 0.384 e. The van der Waals surface area contributed by atoms with Gasteiger partial charge in [0.1, 0.15) is 6.29 Å². The van der Waals surface area contributed by atoms with Crippen molar-refractivity contribution in [2.45, 2.75) is 12.8 Å². The third-order valence-corrected chi connectivity index (χ3v) is 1.03. The van der Waals surface area contributed by atoms with Gasteiger partial charge in [-0.15, -0.1) is 0 Å². The minimum absolute atomic E-state index is 0.462. The van der Waals surface area contributed by atoms with Gasteiger partial charge in [-0.1, -0.05) is 12.2 Å². The van der Waals surface area contributed by atoms with Crippen molar-refractivity contribution < 1.29 is 9.53 Å². The van der Waals surface area contributed by atoms with Gasteiger partial charge in [0.2, 0.25) is 0 Å². The molecule has 0 amide bonds. The molecule has 0 aliphatic heterocycles. The minimum atomic E-state index is 0.462. The average molecular weight is 128 g/mol. The topological polar surface area (TPSA) is 26.3 Å². The zero-order valence-corrected chi connectivity index (χ0v) is 5.72. The molecule has 52 valence electrons. The zero-order valence-electron chi connectivity index (χ0n) is 5.72. The van der Waals surface area contributed by atoms with Gasteiger partial charge >= 0.3 is 0 Å². The quantitative estimate of drug-likeness (QED) is 0.410. The fourth-order valence-electron chi connectivity index (χ4n) is 0.466. The summed E-state index contributed by atoms with van der Waals surface area (Å²) in [5, 5.41) is 0. The molecule has 0 bridgehead atoms. The van der Waals surface area contributed by atoms with Crippen molar-refractivity contribution in [2.24, 2.45) is 0 Å². The van der Waals surface area contributed by atoms with Crippen LogP contribution in [0.1, 0.15) is 12.8 Å². The Morgan fingerprint density at radius 3 is 2.89 bits per heavy atom. The summed E-state index contributed by atoms with van der Waals surface area (Å²) < 4.78 is 4.78. The van der Waals surface area contributed by atoms with Gasteiger partial charge in [0, 0.05) is 20.1 Å². The first-order valence-electron chi connectivity index (χ1n) is 2.90. The first-order valence-corrected chi connectivity index (χ1v) is 2.90. The van der Waals surface area contributed by atoms with E-state index in [2.05, 4.69) is 6.58 Å². The molecule has 0 fully saturated rings. The first kappa shape index (κ1) is 8.37. The summed E-state index contributed by atoms with van der Waals surface area (Å²) >= 11 is 0. The Kier molecular flexibility index (Phi) is 5.12. The van der Waals surface area contributed by atoms with Crippen molar-refractivity contribution in [1.82, 2.24) is 0 Å². The number of aldehydes is 1. The van der Waals surface area contributed by atoms with Crippen LogP contribution in [-0.2, 0) is 9.53 Å². The molecule has 0 heterocycles. The van der Waals surface area contributed by atoms with Crippen LogP contribution in [0.3, 0.4) is 0 Å². The summed E-state index contributed by atoms with van der Waals surface area (Å²) in [6, 6.07) is 0. The van der Waals surface area contributed by atoms with Gasteiger partial charge in [0.15, 0.2) is 0 Å². The lowest BCUT2D eigenvalue weighted by molar-refractivity contribution is -0.107. The minimum Gasteiger partial charge on any atom is -0.384 e. The second-order valence-corrected chi connectivity index (χ2v) is 1.86. The number of carbonyl (C=O) groups excluding carboxylic acids is 1. The Labute approximate surface area is 55.5 Å². The molecule has 0 aromatic carbocycles. The number of hydrogen-bond acceptors (Lipinski definition) is 2. The van der Waals surface area contributed by atoms with E-state index in [9.17, 15) is 4.79 Å². The molecule has 9 heavy (non-hydrogen) atoms. The van der Waals surface area contributed by atoms with Crippen LogP contribution in [0, 0.1) is 0 Å². The number of carbonyl (C=O) groups is 1. The highest BCUT2D eigenvalue weighted by atomic mass is 16.5. The third kappa shape index (κ3) is 5.24. The van der Waals surface area contributed by atoms with E-state index in [-0.39, 0.29) is 0 Å². The summed E-state index contributed by atoms with van der Waals surface area (Å²) in [6.07, 6.45) is 2.11. The molecule has 0 spiro atoms. The number of hydrogen-bond donors (Lipinski definition) is 0. The maximum Gasteiger partial charge on any atom is 0.124 e. The molecule has 0 radical (unpaired) electrons. The Morgan fingerprint density at radius 2 is 2.44 bits per heavy atom. The monoisotopic (exact) mass is 128 g/mol. The number of ether oxygens (including phenoxy) is 1. The fraction of sp³-hybridized carbons (Fsp3) is 0.571. The first-order chi connectivity index (χ1) is 4.31. The van der Waals surface area contributed by atoms with Gasteiger partial charge < -0.3 is 9.53 Å². The summed E-state index contributed by atoms with van der Waals surface area (Å²) in [5.74, 6) is 0. The SMILES string of the molecule is C=C(CC=O)CCOC. The summed E-state index contributed by atoms with van der Waals surface area (Å²) in [5.41, 5.74) is 0.937. The lowest BCUT2D eigenvalue weighted by atomic mass is 10.2. The lowest BCUT2D eigenvalue weighted by Gasteiger charge is -1.97. The predicted octanol–water partition coefficient (Wildman–Crippen LogP) is 1.17. The molecule has 0 aromatic heterocycles. The number of rotatable bonds is 5. The zero-order chi connectivity index (χ0) is 7.11. The van der Waals surface area contributed by atoms with Gasteiger partial charge in [-0.05, 0) is 6.42 Å². The molecule has 0 unspecified atom stereocenters. The molecule has 0 atom stereocenters. The molecule has 0 saturated carbocycles. The summed E-state index contributed by atoms with van der Waals surface area (Å²) in [7, 11) is 1.63. The molecule has 0 aromatic rings. The standard InChI is InChI=1S/C7H12O2/c1-7(3-5-8)4-6-9-2/h5H,1,3-4,6H2,2H3. The molecule has 0 aliphatic carbocycles. The lowest BCUT2D eigenvalue weighted by Crippen LogP contribution is -1.91. The van der Waals surface area contributed by atoms with Crippen molar-refractivity contribution in [2.75, 3.05) is 13.7 Å². The van der Waals surface area contributed by atoms with Crippen molar-refractivity contribution in [3.8, 4) is 0 Å². The van der Waals surface area contributed by atoms with Crippen LogP contribution < -0.4 is 0 Å². The van der Waals surface area contributed by atoms with Gasteiger partial charge in [-0.2, -0.15) is 0 Å². The maximum absolute atomic E-state index is 9.88. The van der Waals surface area contributed by atoms with Gasteiger partial charge in [-0.25, -0.2) is 0 Å². The highest BCUT2D eigenvalue weighted by Gasteiger charge is 1.90. The van der Waals surface area contributed by atoms with Crippen molar-refractivity contribution in [1.29, 1.82) is 0 Å². The second kappa shape index (κ2) is 5.51. The molecule has 2 nitrogen and oxygen atoms in total. The smallest absolute Gasteiger partial charge is 0.124 e. The van der Waals surface area contributed by atoms with Gasteiger partial charge in [0.25, 0.3) is 0 Å². The van der Waals surface area contributed by atoms with Crippen molar-refractivity contribution in [3.63, 3.8) is 0 Å². The van der Waals surface area contributed by atoms with Crippen LogP contribution in [0.25, 0.3) is 0 Å². The molecular weight excluding hydrogens is 116 g/mol. The Hall–Kier alpha value is -0.630. The Balaban J connectivity index is 3.16. The van der Waals surface area contributed by atoms with Crippen LogP contribution in [-0.4, -0.2) is 20.0 Å². The van der Waals surface area contributed by atoms with Crippen LogP contribution in [0.5, 0.6) is 0 Å². The second-order valence-electron chi connectivity index (χ2n) is 1.86. The Bertz CT molecular complexity index is 97.1. The van der Waals surface area contributed by atoms with Crippen molar-refractivity contribution >= 4 is 6.29 Å². The van der Waals surface area contributed by atoms with Crippen LogP contribution in [0.2, 0.25) is 0 Å². The van der Waals surface area contributed by atoms with E-state index in [1.165, 1.54) is 0 Å². The molecule has 0 saturated heterocycles. The molecule has 0 N–H and O–H groups in total. The van der Waals surface area contributed by atoms with Crippen LogP contribution >= 0.6 is 0 Å². The molecular formula is C7H12O2. The highest BCUT2D eigenvalue weighted by molar-refractivity contribution is 5.53. The molecule has 0 aliphatic rings. The van der Waals surface area contributed by atoms with E-state index in [0.29, 0.717) is 13.0 Å². The summed E-state index contributed by atoms with van der Waals surface area (Å²) in [4.78, 5) is 9.88. The van der Waals surface area contributed by atoms with Crippen LogP contribution in [0.15, 0.2) is 12.2 Å². The van der Waals surface area contributed by atoms with Gasteiger partial charge in [0.05, 0.1) is 0 Å². The average Bonchev–Trinajstić information content (AvgIpc) is 1.85. The Morgan fingerprint density at radius 1 is 1.78 bits per heavy atom. The van der Waals surface area contributed by atoms with E-state index >= 15 is 0 Å². The predicted molar refractivity (Wildman–Crippen MR) is 36.3 cm³/mol. The van der Waals surface area contributed by atoms with E-state index in [1.807, 2.05) is 0 Å². The van der Waals surface area contributed by atoms with Crippen LogP contribution in [0.4, 0.5) is 0 Å². The fourth-order valence-corrected chi connectivity index (χ4v) is 0.466. The number of methoxy groups -OCH3 is 1. The van der Waals surface area contributed by atoms with Gasteiger partial charge in [-0.3, -0.25) is 0 Å². The van der Waals surface area contributed by atoms with Crippen molar-refractivity contribution in [3.05, 3.63) is 12.2 Å². The summed E-state index contributed by atoms with van der Waals surface area (Å²) in [6.45, 7) is 4.33. The van der Waals surface area contributed by atoms with E-state index in [4.69, 9.17) is 4.74 Å².